The number of nitrogens with zero attached hydrogens (tertiary/aromatic N) is 1. The Morgan fingerprint density at radius 1 is 1.37 bits per heavy atom. The molecule has 0 aliphatic rings. The second-order valence-corrected chi connectivity index (χ2v) is 6.30. The molecular weight excluding hydrogens is 274 g/mol. The minimum Gasteiger partial charge on any atom is -0.389 e. The lowest BCUT2D eigenvalue weighted by atomic mass is 10.2. The Labute approximate surface area is 122 Å². The first-order chi connectivity index (χ1) is 8.97. The molecule has 0 amide bonds. The van der Waals surface area contributed by atoms with E-state index >= 15 is 0 Å². The summed E-state index contributed by atoms with van der Waals surface area (Å²) >= 11 is 6.85. The molecule has 0 spiro atoms. The molecule has 3 N–H and O–H groups in total. The van der Waals surface area contributed by atoms with Crippen molar-refractivity contribution >= 4 is 34.4 Å². The van der Waals surface area contributed by atoms with Crippen LogP contribution in [0.25, 0.3) is 0 Å². The summed E-state index contributed by atoms with van der Waals surface area (Å²) in [6.07, 6.45) is 0. The minimum atomic E-state index is 0.369. The van der Waals surface area contributed by atoms with Crippen molar-refractivity contribution in [3.8, 4) is 0 Å². The predicted octanol–water partition coefficient (Wildman–Crippen LogP) is 3.31. The fraction of sp³-hybridized carbons (Fsp3) is 0.286. The van der Waals surface area contributed by atoms with E-state index in [4.69, 9.17) is 18.0 Å². The molecule has 2 aromatic heterocycles. The van der Waals surface area contributed by atoms with Gasteiger partial charge < -0.3 is 11.1 Å². The van der Waals surface area contributed by atoms with Crippen LogP contribution in [-0.2, 0) is 6.54 Å². The maximum atomic E-state index is 5.72. The zero-order valence-corrected chi connectivity index (χ0v) is 12.9. The third-order valence-corrected chi connectivity index (χ3v) is 4.32. The van der Waals surface area contributed by atoms with Crippen LogP contribution >= 0.6 is 23.6 Å². The molecule has 2 rings (SSSR count). The van der Waals surface area contributed by atoms with Crippen molar-refractivity contribution < 1.29 is 0 Å². The minimum absolute atomic E-state index is 0.369. The van der Waals surface area contributed by atoms with Gasteiger partial charge in [-0.05, 0) is 44.5 Å². The normalized spacial score (nSPS) is 10.5. The van der Waals surface area contributed by atoms with Gasteiger partial charge in [0.05, 0.1) is 12.1 Å². The van der Waals surface area contributed by atoms with Crippen LogP contribution in [0, 0.1) is 20.8 Å². The standard InChI is InChI=1S/C14H17N3S2/c1-8-6-11(19-10(8)3)7-16-14-12(13(15)18)5-4-9(2)17-14/h4-6H,7H2,1-3H3,(H2,15,18)(H,16,17). The van der Waals surface area contributed by atoms with Gasteiger partial charge in [-0.25, -0.2) is 4.98 Å². The van der Waals surface area contributed by atoms with E-state index < -0.39 is 0 Å². The van der Waals surface area contributed by atoms with E-state index in [2.05, 4.69) is 30.2 Å². The number of nitrogens with two attached hydrogens (primary N) is 1. The fourth-order valence-corrected chi connectivity index (χ4v) is 2.96. The zero-order chi connectivity index (χ0) is 14.0. The molecule has 5 heteroatoms. The molecule has 3 nitrogen and oxygen atoms in total. The van der Waals surface area contributed by atoms with Crippen molar-refractivity contribution in [1.29, 1.82) is 0 Å². The smallest absolute Gasteiger partial charge is 0.136 e. The van der Waals surface area contributed by atoms with E-state index in [0.29, 0.717) is 4.99 Å². The van der Waals surface area contributed by atoms with Gasteiger partial charge in [-0.15, -0.1) is 11.3 Å². The molecule has 0 aliphatic heterocycles. The first-order valence-electron chi connectivity index (χ1n) is 6.04. The number of aromatic nitrogens is 1. The van der Waals surface area contributed by atoms with Gasteiger partial charge in [-0.1, -0.05) is 12.2 Å². The molecule has 19 heavy (non-hydrogen) atoms. The number of anilines is 1. The largest absolute Gasteiger partial charge is 0.389 e. The fourth-order valence-electron chi connectivity index (χ4n) is 1.80. The second-order valence-electron chi connectivity index (χ2n) is 4.52. The van der Waals surface area contributed by atoms with Crippen molar-refractivity contribution in [2.24, 2.45) is 5.73 Å². The summed E-state index contributed by atoms with van der Waals surface area (Å²) in [5, 5.41) is 3.32. The summed E-state index contributed by atoms with van der Waals surface area (Å²) in [6.45, 7) is 6.95. The number of thiocarbonyl (C=S) groups is 1. The molecule has 0 radical (unpaired) electrons. The molecule has 0 aromatic carbocycles. The number of nitrogens with one attached hydrogen (secondary N) is 1. The average molecular weight is 291 g/mol. The van der Waals surface area contributed by atoms with Crippen LogP contribution in [0.1, 0.15) is 26.6 Å². The molecule has 0 saturated carbocycles. The van der Waals surface area contributed by atoms with Gasteiger partial charge in [-0.2, -0.15) is 0 Å². The zero-order valence-electron chi connectivity index (χ0n) is 11.3. The highest BCUT2D eigenvalue weighted by Gasteiger charge is 2.08. The Morgan fingerprint density at radius 2 is 2.11 bits per heavy atom. The maximum absolute atomic E-state index is 5.72. The van der Waals surface area contributed by atoms with Gasteiger partial charge in [0.15, 0.2) is 0 Å². The summed E-state index contributed by atoms with van der Waals surface area (Å²) in [4.78, 5) is 7.47. The lowest BCUT2D eigenvalue weighted by Crippen LogP contribution is -2.14. The summed E-state index contributed by atoms with van der Waals surface area (Å²) in [7, 11) is 0. The molecule has 0 aliphatic carbocycles. The number of thiophene rings is 1. The van der Waals surface area contributed by atoms with E-state index in [1.165, 1.54) is 15.3 Å². The molecule has 0 fully saturated rings. The van der Waals surface area contributed by atoms with Crippen LogP contribution < -0.4 is 11.1 Å². The molecule has 0 saturated heterocycles. The monoisotopic (exact) mass is 291 g/mol. The van der Waals surface area contributed by atoms with Crippen molar-refractivity contribution in [1.82, 2.24) is 4.98 Å². The molecule has 2 aromatic rings. The first-order valence-corrected chi connectivity index (χ1v) is 7.27. The van der Waals surface area contributed by atoms with Gasteiger partial charge in [-0.3, -0.25) is 0 Å². The Bertz CT molecular complexity index is 598. The van der Waals surface area contributed by atoms with Crippen molar-refractivity contribution in [3.63, 3.8) is 0 Å². The summed E-state index contributed by atoms with van der Waals surface area (Å²) in [5.41, 5.74) is 8.79. The van der Waals surface area contributed by atoms with E-state index in [1.807, 2.05) is 19.1 Å². The lowest BCUT2D eigenvalue weighted by molar-refractivity contribution is 1.10. The molecule has 0 unspecified atom stereocenters. The van der Waals surface area contributed by atoms with Gasteiger partial charge in [0.2, 0.25) is 0 Å². The molecular formula is C14H17N3S2. The van der Waals surface area contributed by atoms with Gasteiger partial charge in [0.1, 0.15) is 10.8 Å². The van der Waals surface area contributed by atoms with Crippen molar-refractivity contribution in [2.45, 2.75) is 27.3 Å². The SMILES string of the molecule is Cc1ccc(C(N)=S)c(NCc2cc(C)c(C)s2)n1. The second kappa shape index (κ2) is 5.67. The Kier molecular flexibility index (Phi) is 4.17. The number of hydrogen-bond acceptors (Lipinski definition) is 4. The van der Waals surface area contributed by atoms with Gasteiger partial charge >= 0.3 is 0 Å². The van der Waals surface area contributed by atoms with Crippen LogP contribution in [0.2, 0.25) is 0 Å². The van der Waals surface area contributed by atoms with Crippen LogP contribution in [0.4, 0.5) is 5.82 Å². The number of aryl methyl sites for hydroxylation is 3. The Balaban J connectivity index is 2.19. The van der Waals surface area contributed by atoms with Crippen molar-refractivity contribution in [3.05, 3.63) is 44.8 Å². The van der Waals surface area contributed by atoms with Crippen LogP contribution in [0.5, 0.6) is 0 Å². The molecule has 0 bridgehead atoms. The van der Waals surface area contributed by atoms with Crippen LogP contribution in [0.15, 0.2) is 18.2 Å². The highest BCUT2D eigenvalue weighted by Crippen LogP contribution is 2.22. The summed E-state index contributed by atoms with van der Waals surface area (Å²) in [6, 6.07) is 6.03. The highest BCUT2D eigenvalue weighted by atomic mass is 32.1. The van der Waals surface area contributed by atoms with E-state index in [-0.39, 0.29) is 0 Å². The van der Waals surface area contributed by atoms with E-state index in [1.54, 1.807) is 11.3 Å². The topological polar surface area (TPSA) is 50.9 Å². The number of pyridine rings is 1. The van der Waals surface area contributed by atoms with Crippen LogP contribution in [0.3, 0.4) is 0 Å². The lowest BCUT2D eigenvalue weighted by Gasteiger charge is -2.10. The van der Waals surface area contributed by atoms with Crippen molar-refractivity contribution in [2.75, 3.05) is 5.32 Å². The summed E-state index contributed by atoms with van der Waals surface area (Å²) < 4.78 is 0. The van der Waals surface area contributed by atoms with Crippen LogP contribution in [-0.4, -0.2) is 9.97 Å². The Morgan fingerprint density at radius 3 is 2.68 bits per heavy atom. The molecule has 2 heterocycles. The summed E-state index contributed by atoms with van der Waals surface area (Å²) in [5.74, 6) is 0.760. The van der Waals surface area contributed by atoms with Gasteiger partial charge in [0, 0.05) is 15.4 Å². The Hall–Kier alpha value is -1.46. The number of rotatable bonds is 4. The third kappa shape index (κ3) is 3.30. The third-order valence-electron chi connectivity index (χ3n) is 2.95. The van der Waals surface area contributed by atoms with E-state index in [9.17, 15) is 0 Å². The molecule has 0 atom stereocenters. The van der Waals surface area contributed by atoms with Gasteiger partial charge in [0.25, 0.3) is 0 Å². The maximum Gasteiger partial charge on any atom is 0.136 e. The quantitative estimate of drug-likeness (QED) is 0.849. The first kappa shape index (κ1) is 14.0. The van der Waals surface area contributed by atoms with E-state index in [0.717, 1.165) is 23.6 Å². The predicted molar refractivity (Wildman–Crippen MR) is 86.0 cm³/mol. The highest BCUT2D eigenvalue weighted by molar-refractivity contribution is 7.80. The molecule has 100 valence electrons. The average Bonchev–Trinajstić information content (AvgIpc) is 2.66. The number of hydrogen-bond donors (Lipinski definition) is 2.